The number of carbonyl (C=O) groups excluding carboxylic acids is 2. The number of cyclic esters (lactones) is 1. The van der Waals surface area contributed by atoms with Gasteiger partial charge in [0.25, 0.3) is 0 Å². The van der Waals surface area contributed by atoms with Gasteiger partial charge < -0.3 is 19.7 Å². The molecule has 0 amide bonds. The summed E-state index contributed by atoms with van der Waals surface area (Å²) in [4.78, 5) is 35.3. The van der Waals surface area contributed by atoms with Gasteiger partial charge in [0.2, 0.25) is 0 Å². The van der Waals surface area contributed by atoms with E-state index in [1.54, 1.807) is 6.08 Å². The number of aliphatic hydroxyl groups is 1. The Kier molecular flexibility index (Phi) is 5.00. The molecule has 1 saturated carbocycles. The second-order valence-corrected chi connectivity index (χ2v) is 8.67. The number of carbonyl (C=O) groups is 3. The molecule has 7 nitrogen and oxygen atoms in total. The highest BCUT2D eigenvalue weighted by Gasteiger charge is 2.69. The fourth-order valence-corrected chi connectivity index (χ4v) is 5.39. The van der Waals surface area contributed by atoms with Gasteiger partial charge in [-0.3, -0.25) is 0 Å². The second-order valence-electron chi connectivity index (χ2n) is 8.67. The van der Waals surface area contributed by atoms with E-state index in [-0.39, 0.29) is 17.9 Å². The molecule has 2 aliphatic carbocycles. The number of carboxylic acid groups (broad SMARTS) is 1. The van der Waals surface area contributed by atoms with Crippen molar-refractivity contribution in [2.24, 2.45) is 16.7 Å². The molecule has 28 heavy (non-hydrogen) atoms. The van der Waals surface area contributed by atoms with E-state index < -0.39 is 35.0 Å². The topological polar surface area (TPSA) is 110 Å². The van der Waals surface area contributed by atoms with Gasteiger partial charge in [-0.2, -0.15) is 0 Å². The highest BCUT2D eigenvalue weighted by Crippen LogP contribution is 2.63. The summed E-state index contributed by atoms with van der Waals surface area (Å²) in [6.45, 7) is 5.99. The van der Waals surface area contributed by atoms with Gasteiger partial charge >= 0.3 is 17.9 Å². The lowest BCUT2D eigenvalue weighted by Gasteiger charge is -2.59. The van der Waals surface area contributed by atoms with Gasteiger partial charge in [0.15, 0.2) is 5.60 Å². The molecule has 0 aromatic heterocycles. The lowest BCUT2D eigenvalue weighted by molar-refractivity contribution is -0.194. The molecule has 1 aliphatic heterocycles. The van der Waals surface area contributed by atoms with Crippen molar-refractivity contribution in [2.45, 2.75) is 51.7 Å². The van der Waals surface area contributed by atoms with Crippen LogP contribution in [0.1, 0.15) is 40.0 Å². The highest BCUT2D eigenvalue weighted by molar-refractivity contribution is 5.89. The monoisotopic (exact) mass is 390 g/mol. The number of carboxylic acids is 1. The van der Waals surface area contributed by atoms with Crippen LogP contribution in [0.15, 0.2) is 36.0 Å². The number of ether oxygens (including phenoxy) is 2. The molecule has 3 aliphatic rings. The lowest BCUT2D eigenvalue weighted by Crippen LogP contribution is -2.65. The van der Waals surface area contributed by atoms with Crippen LogP contribution in [0, 0.1) is 16.7 Å². The van der Waals surface area contributed by atoms with Crippen LogP contribution in [0.3, 0.4) is 0 Å². The van der Waals surface area contributed by atoms with Crippen LogP contribution >= 0.6 is 0 Å². The third-order valence-corrected chi connectivity index (χ3v) is 6.52. The first-order valence-corrected chi connectivity index (χ1v) is 9.41. The van der Waals surface area contributed by atoms with Crippen LogP contribution in [0.5, 0.6) is 0 Å². The largest absolute Gasteiger partial charge is 0.478 e. The number of hydrogen-bond donors (Lipinski definition) is 2. The van der Waals surface area contributed by atoms with Gasteiger partial charge in [-0.15, -0.1) is 0 Å². The minimum atomic E-state index is -1.70. The van der Waals surface area contributed by atoms with Gasteiger partial charge in [0.1, 0.15) is 12.7 Å². The minimum Gasteiger partial charge on any atom is -0.478 e. The molecule has 0 bridgehead atoms. The average molecular weight is 390 g/mol. The summed E-state index contributed by atoms with van der Waals surface area (Å²) < 4.78 is 10.9. The summed E-state index contributed by atoms with van der Waals surface area (Å²) in [5, 5.41) is 20.0. The predicted octanol–water partition coefficient (Wildman–Crippen LogP) is 2.16. The summed E-state index contributed by atoms with van der Waals surface area (Å²) in [6.07, 6.45) is 7.99. The Labute approximate surface area is 163 Å². The normalized spacial score (nSPS) is 36.6. The molecule has 0 spiro atoms. The Morgan fingerprint density at radius 1 is 1.21 bits per heavy atom. The Morgan fingerprint density at radius 3 is 2.57 bits per heavy atom. The number of fused-ring (bicyclic) bond motifs is 3. The Morgan fingerprint density at radius 2 is 1.89 bits per heavy atom. The van der Waals surface area contributed by atoms with Gasteiger partial charge in [-0.1, -0.05) is 39.3 Å². The fourth-order valence-electron chi connectivity index (χ4n) is 5.39. The van der Waals surface area contributed by atoms with Crippen LogP contribution in [0.4, 0.5) is 0 Å². The number of hydrogen-bond acceptors (Lipinski definition) is 6. The van der Waals surface area contributed by atoms with Crippen molar-refractivity contribution in [3.8, 4) is 0 Å². The highest BCUT2D eigenvalue weighted by atomic mass is 16.6. The molecule has 4 atom stereocenters. The lowest BCUT2D eigenvalue weighted by atomic mass is 9.46. The van der Waals surface area contributed by atoms with Crippen LogP contribution < -0.4 is 0 Å². The number of allylic oxidation sites excluding steroid dienone is 2. The third kappa shape index (κ3) is 3.07. The summed E-state index contributed by atoms with van der Waals surface area (Å²) in [7, 11) is 0. The minimum absolute atomic E-state index is 0.0106. The van der Waals surface area contributed by atoms with E-state index >= 15 is 0 Å². The van der Waals surface area contributed by atoms with E-state index in [4.69, 9.17) is 14.6 Å². The van der Waals surface area contributed by atoms with Crippen molar-refractivity contribution in [3.05, 3.63) is 36.0 Å². The maximum absolute atomic E-state index is 12.5. The van der Waals surface area contributed by atoms with Crippen LogP contribution in [-0.2, 0) is 23.9 Å². The summed E-state index contributed by atoms with van der Waals surface area (Å²) in [5.74, 6) is -2.64. The molecule has 0 radical (unpaired) electrons. The standard InChI is InChI=1S/C21H26O7/c1-19(2)9-6-10-20(3)17(19)14(11-13-12-27-18(25)21(13,20)26)28-16(24)8-5-4-7-15(22)23/h4-5,7-8,11,14,17,26H,6,9-10,12H2,1-3H3,(H,22,23)/b7-4+,8-5+/t14-,17?,20+,21+/m1/s1. The van der Waals surface area contributed by atoms with Crippen molar-refractivity contribution in [1.82, 2.24) is 0 Å². The zero-order valence-corrected chi connectivity index (χ0v) is 16.3. The van der Waals surface area contributed by atoms with Crippen LogP contribution in [0.2, 0.25) is 0 Å². The second kappa shape index (κ2) is 6.88. The molecule has 0 aromatic rings. The SMILES string of the molecule is CC1(C)CCC[C@@]2(C)C1[C@H](OC(=O)/C=C/C=C/C(=O)O)C=C1COC(=O)[C@@]12O. The van der Waals surface area contributed by atoms with E-state index in [1.807, 2.05) is 6.92 Å². The van der Waals surface area contributed by atoms with Gasteiger partial charge in [-0.25, -0.2) is 14.4 Å². The number of rotatable bonds is 4. The first-order valence-electron chi connectivity index (χ1n) is 9.41. The zero-order chi connectivity index (χ0) is 20.7. The van der Waals surface area contributed by atoms with E-state index in [1.165, 1.54) is 12.2 Å². The molecule has 7 heteroatoms. The first kappa shape index (κ1) is 20.3. The Bertz CT molecular complexity index is 791. The predicted molar refractivity (Wildman–Crippen MR) is 99.0 cm³/mol. The van der Waals surface area contributed by atoms with Gasteiger partial charge in [0.05, 0.1) is 0 Å². The smallest absolute Gasteiger partial charge is 0.343 e. The van der Waals surface area contributed by atoms with Crippen molar-refractivity contribution < 1.29 is 34.1 Å². The maximum Gasteiger partial charge on any atom is 0.343 e. The summed E-state index contributed by atoms with van der Waals surface area (Å²) in [5.41, 5.74) is -2.34. The molecular weight excluding hydrogens is 364 g/mol. The van der Waals surface area contributed by atoms with Crippen molar-refractivity contribution in [3.63, 3.8) is 0 Å². The van der Waals surface area contributed by atoms with E-state index in [9.17, 15) is 19.5 Å². The fraction of sp³-hybridized carbons (Fsp3) is 0.571. The molecule has 1 unspecified atom stereocenters. The van der Waals surface area contributed by atoms with E-state index in [0.717, 1.165) is 25.0 Å². The first-order chi connectivity index (χ1) is 13.0. The number of aliphatic carboxylic acids is 1. The van der Waals surface area contributed by atoms with Crippen molar-refractivity contribution in [2.75, 3.05) is 6.61 Å². The molecule has 3 rings (SSSR count). The zero-order valence-electron chi connectivity index (χ0n) is 16.3. The van der Waals surface area contributed by atoms with Crippen LogP contribution in [0.25, 0.3) is 0 Å². The molecule has 0 aromatic carbocycles. The third-order valence-electron chi connectivity index (χ3n) is 6.52. The quantitative estimate of drug-likeness (QED) is 0.327. The van der Waals surface area contributed by atoms with Crippen molar-refractivity contribution in [1.29, 1.82) is 0 Å². The van der Waals surface area contributed by atoms with E-state index in [0.29, 0.717) is 12.0 Å². The van der Waals surface area contributed by atoms with Gasteiger partial charge in [-0.05, 0) is 24.3 Å². The maximum atomic E-state index is 12.5. The van der Waals surface area contributed by atoms with E-state index in [2.05, 4.69) is 13.8 Å². The molecule has 2 N–H and O–H groups in total. The molecule has 1 heterocycles. The molecule has 152 valence electrons. The van der Waals surface area contributed by atoms with Crippen LogP contribution in [-0.4, -0.2) is 46.4 Å². The van der Waals surface area contributed by atoms with Gasteiger partial charge in [0, 0.05) is 29.1 Å². The molecular formula is C21H26O7. The molecule has 1 saturated heterocycles. The Balaban J connectivity index is 1.94. The summed E-state index contributed by atoms with van der Waals surface area (Å²) in [6, 6.07) is 0. The van der Waals surface area contributed by atoms with Crippen molar-refractivity contribution >= 4 is 17.9 Å². The summed E-state index contributed by atoms with van der Waals surface area (Å²) >= 11 is 0. The number of esters is 2. The average Bonchev–Trinajstić information content (AvgIpc) is 2.87. The Hall–Kier alpha value is -2.41. The molecule has 2 fully saturated rings.